The summed E-state index contributed by atoms with van der Waals surface area (Å²) >= 11 is 6.20. The maximum atomic E-state index is 13.3. The fourth-order valence-electron chi connectivity index (χ4n) is 2.75. The van der Waals surface area contributed by atoms with Gasteiger partial charge in [-0.15, -0.1) is 0 Å². The molecule has 0 aromatic heterocycles. The van der Waals surface area contributed by atoms with Crippen LogP contribution in [0.3, 0.4) is 0 Å². The second kappa shape index (κ2) is 6.61. The first-order valence-electron chi connectivity index (χ1n) is 7.57. The number of amides is 2. The molecule has 2 aromatic rings. The van der Waals surface area contributed by atoms with Gasteiger partial charge in [0.05, 0.1) is 10.6 Å². The van der Waals surface area contributed by atoms with Gasteiger partial charge in [-0.05, 0) is 36.8 Å². The van der Waals surface area contributed by atoms with Crippen LogP contribution in [0.25, 0.3) is 0 Å². The maximum absolute atomic E-state index is 13.3. The van der Waals surface area contributed by atoms with Gasteiger partial charge in [-0.3, -0.25) is 9.59 Å². The number of nitrogens with zero attached hydrogens (tertiary/aromatic N) is 2. The smallest absolute Gasteiger partial charge is 0.255 e. The molecule has 124 valence electrons. The molecule has 0 atom stereocenters. The summed E-state index contributed by atoms with van der Waals surface area (Å²) in [4.78, 5) is 28.0. The molecule has 2 amide bonds. The Morgan fingerprint density at radius 2 is 1.92 bits per heavy atom. The summed E-state index contributed by atoms with van der Waals surface area (Å²) in [6.45, 7) is 2.45. The van der Waals surface area contributed by atoms with Crippen molar-refractivity contribution in [1.82, 2.24) is 4.90 Å². The molecule has 1 fully saturated rings. The first-order valence-corrected chi connectivity index (χ1v) is 7.95. The van der Waals surface area contributed by atoms with E-state index >= 15 is 0 Å². The lowest BCUT2D eigenvalue weighted by Crippen LogP contribution is -2.52. The fraction of sp³-hybridized carbons (Fsp3) is 0.222. The highest BCUT2D eigenvalue weighted by atomic mass is 35.5. The number of halogens is 2. The van der Waals surface area contributed by atoms with Gasteiger partial charge in [-0.25, -0.2) is 4.39 Å². The zero-order valence-corrected chi connectivity index (χ0v) is 13.9. The molecule has 3 rings (SSSR count). The summed E-state index contributed by atoms with van der Waals surface area (Å²) in [5.41, 5.74) is 1.71. The molecule has 0 bridgehead atoms. The van der Waals surface area contributed by atoms with E-state index in [4.69, 9.17) is 11.6 Å². The van der Waals surface area contributed by atoms with Crippen LogP contribution in [0.2, 0.25) is 5.02 Å². The van der Waals surface area contributed by atoms with Gasteiger partial charge >= 0.3 is 0 Å². The average Bonchev–Trinajstić information content (AvgIpc) is 2.56. The zero-order valence-electron chi connectivity index (χ0n) is 13.1. The topological polar surface area (TPSA) is 40.6 Å². The standard InChI is InChI=1S/C18H16ClFN2O2/c1-12-4-2-7-15(17(12)19)18(24)21-8-9-22(16(23)11-21)14-6-3-5-13(20)10-14/h2-7,10H,8-9,11H2,1H3. The van der Waals surface area contributed by atoms with Gasteiger partial charge in [-0.2, -0.15) is 0 Å². The predicted molar refractivity (Wildman–Crippen MR) is 90.8 cm³/mol. The van der Waals surface area contributed by atoms with E-state index in [0.29, 0.717) is 29.4 Å². The Hall–Kier alpha value is -2.40. The van der Waals surface area contributed by atoms with Crippen LogP contribution in [0.15, 0.2) is 42.5 Å². The van der Waals surface area contributed by atoms with Crippen molar-refractivity contribution in [3.63, 3.8) is 0 Å². The van der Waals surface area contributed by atoms with E-state index in [9.17, 15) is 14.0 Å². The lowest BCUT2D eigenvalue weighted by molar-refractivity contribution is -0.120. The molecule has 6 heteroatoms. The predicted octanol–water partition coefficient (Wildman–Crippen LogP) is 3.28. The van der Waals surface area contributed by atoms with E-state index in [1.807, 2.05) is 13.0 Å². The summed E-state index contributed by atoms with van der Waals surface area (Å²) in [5.74, 6) is -0.912. The summed E-state index contributed by atoms with van der Waals surface area (Å²) in [6.07, 6.45) is 0. The van der Waals surface area contributed by atoms with E-state index in [0.717, 1.165) is 5.56 Å². The molecule has 24 heavy (non-hydrogen) atoms. The number of hydrogen-bond acceptors (Lipinski definition) is 2. The Labute approximate surface area is 144 Å². The Balaban J connectivity index is 1.77. The van der Waals surface area contributed by atoms with Crippen LogP contribution in [-0.4, -0.2) is 36.3 Å². The van der Waals surface area contributed by atoms with Crippen LogP contribution in [0, 0.1) is 12.7 Å². The van der Waals surface area contributed by atoms with Crippen molar-refractivity contribution in [3.8, 4) is 0 Å². The van der Waals surface area contributed by atoms with Crippen molar-refractivity contribution in [2.75, 3.05) is 24.5 Å². The van der Waals surface area contributed by atoms with Crippen molar-refractivity contribution in [2.24, 2.45) is 0 Å². The second-order valence-electron chi connectivity index (χ2n) is 5.69. The molecule has 2 aromatic carbocycles. The number of piperazine rings is 1. The maximum Gasteiger partial charge on any atom is 0.255 e. The van der Waals surface area contributed by atoms with Gasteiger partial charge in [0, 0.05) is 18.8 Å². The molecule has 0 N–H and O–H groups in total. The minimum Gasteiger partial charge on any atom is -0.327 e. The number of carbonyl (C=O) groups is 2. The molecule has 0 saturated carbocycles. The van der Waals surface area contributed by atoms with Crippen molar-refractivity contribution >= 4 is 29.1 Å². The molecule has 1 saturated heterocycles. The Kier molecular flexibility index (Phi) is 4.53. The van der Waals surface area contributed by atoms with Gasteiger partial charge in [0.1, 0.15) is 12.4 Å². The van der Waals surface area contributed by atoms with E-state index in [-0.39, 0.29) is 18.4 Å². The van der Waals surface area contributed by atoms with Crippen molar-refractivity contribution < 1.29 is 14.0 Å². The lowest BCUT2D eigenvalue weighted by Gasteiger charge is -2.34. The van der Waals surface area contributed by atoms with Crippen LogP contribution < -0.4 is 4.90 Å². The normalized spacial score (nSPS) is 14.9. The van der Waals surface area contributed by atoms with E-state index < -0.39 is 5.82 Å². The van der Waals surface area contributed by atoms with Crippen molar-refractivity contribution in [3.05, 3.63) is 64.4 Å². The third kappa shape index (κ3) is 3.12. The fourth-order valence-corrected chi connectivity index (χ4v) is 2.95. The highest BCUT2D eigenvalue weighted by Crippen LogP contribution is 2.24. The van der Waals surface area contributed by atoms with Gasteiger partial charge in [0.2, 0.25) is 5.91 Å². The van der Waals surface area contributed by atoms with E-state index in [1.165, 1.54) is 21.9 Å². The lowest BCUT2D eigenvalue weighted by atomic mass is 10.1. The third-order valence-electron chi connectivity index (χ3n) is 4.05. The highest BCUT2D eigenvalue weighted by Gasteiger charge is 2.29. The van der Waals surface area contributed by atoms with Crippen molar-refractivity contribution in [1.29, 1.82) is 0 Å². The highest BCUT2D eigenvalue weighted by molar-refractivity contribution is 6.34. The van der Waals surface area contributed by atoms with E-state index in [1.54, 1.807) is 24.3 Å². The molecule has 4 nitrogen and oxygen atoms in total. The molecule has 0 unspecified atom stereocenters. The monoisotopic (exact) mass is 346 g/mol. The number of anilines is 1. The molecule has 1 aliphatic rings. The minimum atomic E-state index is -0.398. The molecule has 0 spiro atoms. The van der Waals surface area contributed by atoms with Crippen LogP contribution in [0.1, 0.15) is 15.9 Å². The first kappa shape index (κ1) is 16.5. The van der Waals surface area contributed by atoms with Crippen LogP contribution in [0.4, 0.5) is 10.1 Å². The van der Waals surface area contributed by atoms with Gasteiger partial charge in [0.15, 0.2) is 0 Å². The van der Waals surface area contributed by atoms with Gasteiger partial charge in [-0.1, -0.05) is 29.8 Å². The SMILES string of the molecule is Cc1cccc(C(=O)N2CCN(c3cccc(F)c3)C(=O)C2)c1Cl. The second-order valence-corrected chi connectivity index (χ2v) is 6.07. The van der Waals surface area contributed by atoms with Crippen LogP contribution in [0.5, 0.6) is 0 Å². The Morgan fingerprint density at radius 1 is 1.17 bits per heavy atom. The summed E-state index contributed by atoms with van der Waals surface area (Å²) in [7, 11) is 0. The number of aryl methyl sites for hydroxylation is 1. The third-order valence-corrected chi connectivity index (χ3v) is 4.55. The summed E-state index contributed by atoms with van der Waals surface area (Å²) in [6, 6.07) is 11.1. The van der Waals surface area contributed by atoms with Crippen LogP contribution in [-0.2, 0) is 4.79 Å². The molecule has 0 aliphatic carbocycles. The first-order chi connectivity index (χ1) is 11.5. The summed E-state index contributed by atoms with van der Waals surface area (Å²) in [5, 5.41) is 0.405. The number of carbonyl (C=O) groups excluding carboxylic acids is 2. The van der Waals surface area contributed by atoms with Crippen LogP contribution >= 0.6 is 11.6 Å². The van der Waals surface area contributed by atoms with Gasteiger partial charge in [0.25, 0.3) is 5.91 Å². The van der Waals surface area contributed by atoms with Gasteiger partial charge < -0.3 is 9.80 Å². The number of hydrogen-bond donors (Lipinski definition) is 0. The molecular formula is C18H16ClFN2O2. The molecule has 1 heterocycles. The van der Waals surface area contributed by atoms with Crippen molar-refractivity contribution in [2.45, 2.75) is 6.92 Å². The summed E-state index contributed by atoms with van der Waals surface area (Å²) < 4.78 is 13.3. The zero-order chi connectivity index (χ0) is 17.3. The molecule has 1 aliphatic heterocycles. The quantitative estimate of drug-likeness (QED) is 0.837. The molecule has 0 radical (unpaired) electrons. The Bertz CT molecular complexity index is 809. The minimum absolute atomic E-state index is 0.0559. The van der Waals surface area contributed by atoms with E-state index in [2.05, 4.69) is 0 Å². The largest absolute Gasteiger partial charge is 0.327 e. The molecular weight excluding hydrogens is 331 g/mol. The number of benzene rings is 2. The Morgan fingerprint density at radius 3 is 2.62 bits per heavy atom. The average molecular weight is 347 g/mol. The number of rotatable bonds is 2.